The van der Waals surface area contributed by atoms with Crippen LogP contribution >= 0.6 is 0 Å². The van der Waals surface area contributed by atoms with Crippen LogP contribution in [0.15, 0.2) is 30.6 Å². The fourth-order valence-electron chi connectivity index (χ4n) is 6.14. The van der Waals surface area contributed by atoms with E-state index in [1.165, 1.54) is 0 Å². The van der Waals surface area contributed by atoms with E-state index in [0.717, 1.165) is 67.4 Å². The summed E-state index contributed by atoms with van der Waals surface area (Å²) < 4.78 is 9.63. The van der Waals surface area contributed by atoms with Gasteiger partial charge in [0, 0.05) is 32.5 Å². The molecule has 0 radical (unpaired) electrons. The van der Waals surface area contributed by atoms with Gasteiger partial charge in [-0.25, -0.2) is 4.68 Å². The number of nitrogens with zero attached hydrogens (tertiary/aromatic N) is 5. The normalized spacial score (nSPS) is 16.0. The highest BCUT2D eigenvalue weighted by Gasteiger charge is 2.48. The van der Waals surface area contributed by atoms with E-state index in [9.17, 15) is 9.59 Å². The fourth-order valence-corrected chi connectivity index (χ4v) is 6.90. The summed E-state index contributed by atoms with van der Waals surface area (Å²) in [4.78, 5) is 32.0. The van der Waals surface area contributed by atoms with Gasteiger partial charge in [0.2, 0.25) is 5.91 Å². The molecule has 3 aromatic rings. The van der Waals surface area contributed by atoms with Gasteiger partial charge in [-0.2, -0.15) is 10.2 Å². The predicted octanol–water partition coefficient (Wildman–Crippen LogP) is 6.08. The molecule has 11 heteroatoms. The monoisotopic (exact) mass is 619 g/mol. The lowest BCUT2D eigenvalue weighted by Crippen LogP contribution is -2.50. The van der Waals surface area contributed by atoms with Gasteiger partial charge in [0.1, 0.15) is 18.5 Å². The zero-order valence-corrected chi connectivity index (χ0v) is 28.4. The van der Waals surface area contributed by atoms with E-state index < -0.39 is 14.1 Å². The molecule has 0 unspecified atom stereocenters. The number of carbonyl (C=O) groups is 2. The average molecular weight is 620 g/mol. The van der Waals surface area contributed by atoms with Crippen molar-refractivity contribution in [1.82, 2.24) is 29.9 Å². The highest BCUT2D eigenvalue weighted by Crippen LogP contribution is 2.51. The van der Waals surface area contributed by atoms with Gasteiger partial charge in [-0.05, 0) is 94.9 Å². The van der Waals surface area contributed by atoms with Crippen molar-refractivity contribution in [3.63, 3.8) is 0 Å². The Labute approximate surface area is 262 Å². The van der Waals surface area contributed by atoms with E-state index in [1.807, 2.05) is 37.6 Å². The van der Waals surface area contributed by atoms with Crippen LogP contribution in [0.4, 0.5) is 5.69 Å². The minimum absolute atomic E-state index is 0.0386. The summed E-state index contributed by atoms with van der Waals surface area (Å²) in [7, 11) is -1.16. The van der Waals surface area contributed by atoms with Crippen molar-refractivity contribution in [3.8, 4) is 11.3 Å². The molecule has 2 aliphatic carbocycles. The molecule has 0 aromatic carbocycles. The number of amides is 2. The Morgan fingerprint density at radius 3 is 2.36 bits per heavy atom. The molecule has 3 heterocycles. The molecule has 0 aliphatic heterocycles. The number of hydrogen-bond donors (Lipinski definition) is 2. The van der Waals surface area contributed by atoms with E-state index in [2.05, 4.69) is 42.3 Å². The predicted molar refractivity (Wildman–Crippen MR) is 175 cm³/mol. The maximum absolute atomic E-state index is 13.8. The lowest BCUT2D eigenvalue weighted by Gasteiger charge is -2.27. The molecule has 3 aromatic heterocycles. The molecule has 44 heavy (non-hydrogen) atoms. The Kier molecular flexibility index (Phi) is 9.74. The number of pyridine rings is 1. The van der Waals surface area contributed by atoms with Crippen molar-refractivity contribution < 1.29 is 14.3 Å². The molecular formula is C33H49N7O3Si. The van der Waals surface area contributed by atoms with Gasteiger partial charge < -0.3 is 15.4 Å². The Bertz CT molecular complexity index is 1440. The molecule has 0 spiro atoms. The topological polar surface area (TPSA) is 116 Å². The maximum atomic E-state index is 13.8. The molecule has 1 atom stereocenters. The summed E-state index contributed by atoms with van der Waals surface area (Å²) in [6.45, 7) is 16.3. The molecule has 2 amide bonds. The molecule has 2 fully saturated rings. The van der Waals surface area contributed by atoms with Gasteiger partial charge >= 0.3 is 0 Å². The van der Waals surface area contributed by atoms with Crippen molar-refractivity contribution in [2.24, 2.45) is 17.8 Å². The fraction of sp³-hybridized carbons (Fsp3) is 0.606. The molecule has 2 N–H and O–H groups in total. The molecule has 0 saturated heterocycles. The van der Waals surface area contributed by atoms with Crippen LogP contribution in [0.3, 0.4) is 0 Å². The smallest absolute Gasteiger partial charge is 0.270 e. The molecule has 5 rings (SSSR count). The molecule has 10 nitrogen and oxygen atoms in total. The van der Waals surface area contributed by atoms with Crippen LogP contribution in [0.1, 0.15) is 74.4 Å². The first-order chi connectivity index (χ1) is 21.0. The third kappa shape index (κ3) is 7.66. The summed E-state index contributed by atoms with van der Waals surface area (Å²) in [6.07, 6.45) is 8.56. The Morgan fingerprint density at radius 2 is 1.80 bits per heavy atom. The van der Waals surface area contributed by atoms with Crippen LogP contribution in [0.25, 0.3) is 11.3 Å². The minimum atomic E-state index is -1.16. The van der Waals surface area contributed by atoms with Gasteiger partial charge in [0.05, 0.1) is 29.0 Å². The Hall–Kier alpha value is -3.31. The largest absolute Gasteiger partial charge is 0.360 e. The van der Waals surface area contributed by atoms with Gasteiger partial charge in [-0.3, -0.25) is 19.3 Å². The zero-order valence-electron chi connectivity index (χ0n) is 27.4. The summed E-state index contributed by atoms with van der Waals surface area (Å²) in [6, 6.07) is 6.07. The highest BCUT2D eigenvalue weighted by molar-refractivity contribution is 6.76. The Morgan fingerprint density at radius 1 is 1.09 bits per heavy atom. The van der Waals surface area contributed by atoms with E-state index >= 15 is 0 Å². The molecule has 0 bridgehead atoms. The van der Waals surface area contributed by atoms with Crippen molar-refractivity contribution in [2.75, 3.05) is 11.9 Å². The quantitative estimate of drug-likeness (QED) is 0.157. The number of aromatic nitrogens is 5. The SMILES string of the molecule is CCc1c(-c2ccc(NC(=O)[C@@H](NC(=O)c3ccnn3C(C)C)C(C3CC3)C3CC3)cn2)c(C)nn1COCC[Si](C)(C)C. The molecule has 2 aliphatic rings. The zero-order chi connectivity index (χ0) is 31.6. The third-order valence-electron chi connectivity index (χ3n) is 8.74. The second-order valence-corrected chi connectivity index (χ2v) is 19.6. The van der Waals surface area contributed by atoms with E-state index in [-0.39, 0.29) is 23.8 Å². The van der Waals surface area contributed by atoms with Crippen LogP contribution < -0.4 is 10.6 Å². The van der Waals surface area contributed by atoms with E-state index in [1.54, 1.807) is 23.1 Å². The number of rotatable bonds is 15. The number of nitrogens with one attached hydrogen (secondary N) is 2. The lowest BCUT2D eigenvalue weighted by molar-refractivity contribution is -0.119. The summed E-state index contributed by atoms with van der Waals surface area (Å²) >= 11 is 0. The summed E-state index contributed by atoms with van der Waals surface area (Å²) in [5, 5.41) is 15.3. The Balaban J connectivity index is 1.30. The van der Waals surface area contributed by atoms with Crippen LogP contribution in [0.5, 0.6) is 0 Å². The van der Waals surface area contributed by atoms with Gasteiger partial charge in [0.25, 0.3) is 5.91 Å². The first-order valence-corrected chi connectivity index (χ1v) is 19.9. The van der Waals surface area contributed by atoms with Crippen molar-refractivity contribution >= 4 is 25.6 Å². The van der Waals surface area contributed by atoms with Crippen molar-refractivity contribution in [1.29, 1.82) is 0 Å². The lowest BCUT2D eigenvalue weighted by atomic mass is 9.88. The van der Waals surface area contributed by atoms with Gasteiger partial charge in [0.15, 0.2) is 0 Å². The summed E-state index contributed by atoms with van der Waals surface area (Å²) in [5.41, 5.74) is 4.88. The number of carbonyl (C=O) groups excluding carboxylic acids is 2. The molecular weight excluding hydrogens is 570 g/mol. The number of anilines is 1. The average Bonchev–Trinajstić information content (AvgIpc) is 3.90. The maximum Gasteiger partial charge on any atom is 0.270 e. The number of hydrogen-bond acceptors (Lipinski definition) is 6. The molecule has 2 saturated carbocycles. The van der Waals surface area contributed by atoms with Crippen molar-refractivity contribution in [2.45, 2.75) is 104 Å². The van der Waals surface area contributed by atoms with Crippen LogP contribution in [0.2, 0.25) is 25.7 Å². The van der Waals surface area contributed by atoms with Crippen LogP contribution in [-0.4, -0.2) is 57.1 Å². The van der Waals surface area contributed by atoms with Gasteiger partial charge in [-0.1, -0.05) is 26.6 Å². The minimum Gasteiger partial charge on any atom is -0.360 e. The van der Waals surface area contributed by atoms with Crippen LogP contribution in [-0.2, 0) is 22.7 Å². The second-order valence-electron chi connectivity index (χ2n) is 14.0. The molecule has 238 valence electrons. The van der Waals surface area contributed by atoms with E-state index in [0.29, 0.717) is 29.9 Å². The number of aryl methyl sites for hydroxylation is 1. The highest BCUT2D eigenvalue weighted by atomic mass is 28.3. The third-order valence-corrected chi connectivity index (χ3v) is 10.4. The van der Waals surface area contributed by atoms with Crippen LogP contribution in [0, 0.1) is 24.7 Å². The van der Waals surface area contributed by atoms with Gasteiger partial charge in [-0.15, -0.1) is 0 Å². The first-order valence-electron chi connectivity index (χ1n) is 16.2. The first kappa shape index (κ1) is 32.1. The van der Waals surface area contributed by atoms with Crippen molar-refractivity contribution in [3.05, 3.63) is 47.7 Å². The second kappa shape index (κ2) is 13.4. The summed E-state index contributed by atoms with van der Waals surface area (Å²) in [5.74, 6) is 0.623. The number of ether oxygens (including phenoxy) is 1. The van der Waals surface area contributed by atoms with E-state index in [4.69, 9.17) is 14.8 Å². The standard InChI is InChI=1S/C33H49N7O3Si/c1-8-27-29(22(4)38-39(27)20-43-17-18-44(5,6)7)26-14-13-25(19-34-26)36-33(42)31(30(23-9-10-23)24-11-12-24)37-32(41)28-15-16-35-40(28)21(2)3/h13-16,19,21,23-24,30-31H,8-12,17-18,20H2,1-7H3,(H,36,42)(H,37,41)/t31-/m0/s1.